The molecule has 0 spiro atoms. The summed E-state index contributed by atoms with van der Waals surface area (Å²) in [6, 6.07) is 9.45. The molecule has 3 aromatic rings. The van der Waals surface area contributed by atoms with Gasteiger partial charge in [0.2, 0.25) is 11.5 Å². The van der Waals surface area contributed by atoms with Gasteiger partial charge in [0.15, 0.2) is 5.82 Å². The molecule has 0 radical (unpaired) electrons. The second-order valence-corrected chi connectivity index (χ2v) is 4.16. The third-order valence-electron chi connectivity index (χ3n) is 2.83. The molecule has 1 N–H and O–H groups in total. The summed E-state index contributed by atoms with van der Waals surface area (Å²) in [5.41, 5.74) is 0.817. The van der Waals surface area contributed by atoms with Gasteiger partial charge in [-0.15, -0.1) is 5.10 Å². The molecule has 10 heteroatoms. The molecule has 0 aliphatic heterocycles. The lowest BCUT2D eigenvalue weighted by Gasteiger charge is -2.05. The molecule has 2 heterocycles. The van der Waals surface area contributed by atoms with E-state index >= 15 is 0 Å². The predicted molar refractivity (Wildman–Crippen MR) is 72.5 cm³/mol. The Morgan fingerprint density at radius 2 is 2.14 bits per heavy atom. The van der Waals surface area contributed by atoms with Gasteiger partial charge in [-0.05, 0) is 20.7 Å². The average Bonchev–Trinajstić information content (AvgIpc) is 3.21. The van der Waals surface area contributed by atoms with Crippen LogP contribution in [-0.4, -0.2) is 43.6 Å². The Morgan fingerprint density at radius 3 is 2.91 bits per heavy atom. The van der Waals surface area contributed by atoms with E-state index in [-0.39, 0.29) is 18.2 Å². The fourth-order valence-electron chi connectivity index (χ4n) is 1.79. The summed E-state index contributed by atoms with van der Waals surface area (Å²) >= 11 is 0. The number of ether oxygens (including phenoxy) is 1. The van der Waals surface area contributed by atoms with E-state index in [0.29, 0.717) is 5.82 Å². The van der Waals surface area contributed by atoms with Crippen LogP contribution in [0.1, 0.15) is 10.5 Å². The lowest BCUT2D eigenvalue weighted by atomic mass is 10.2. The Balaban J connectivity index is 1.78. The number of benzene rings is 1. The first-order valence-corrected chi connectivity index (χ1v) is 6.26. The van der Waals surface area contributed by atoms with E-state index in [0.717, 1.165) is 5.56 Å². The molecule has 22 heavy (non-hydrogen) atoms. The highest BCUT2D eigenvalue weighted by Crippen LogP contribution is 2.15. The molecule has 0 saturated carbocycles. The predicted octanol–water partition coefficient (Wildman–Crippen LogP) is 0.579. The Labute approximate surface area is 124 Å². The zero-order chi connectivity index (χ0) is 15.4. The molecule has 112 valence electrons. The first kappa shape index (κ1) is 13.7. The Morgan fingerprint density at radius 1 is 1.32 bits per heavy atom. The molecule has 0 saturated heterocycles. The van der Waals surface area contributed by atoms with Crippen molar-refractivity contribution in [2.24, 2.45) is 0 Å². The van der Waals surface area contributed by atoms with E-state index in [2.05, 4.69) is 40.5 Å². The maximum absolute atomic E-state index is 11.5. The molecule has 0 unspecified atom stereocenters. The number of nitrogens with zero attached hydrogens (tertiary/aromatic N) is 6. The number of aromatic nitrogens is 6. The summed E-state index contributed by atoms with van der Waals surface area (Å²) in [5, 5.41) is 21.5. The third kappa shape index (κ3) is 2.61. The van der Waals surface area contributed by atoms with Crippen LogP contribution in [0.4, 0.5) is 5.82 Å². The number of carbonyl (C=O) groups is 1. The standard InChI is InChI=1S/C12H11N7O3/c1-21-12(20)9-10(16-22-15-9)13-7-19-11(14-17-18-19)8-5-3-2-4-6-8/h2-6H,7H2,1H3,(H,13,16). The first-order chi connectivity index (χ1) is 10.8. The molecule has 3 rings (SSSR count). The van der Waals surface area contributed by atoms with E-state index in [9.17, 15) is 4.79 Å². The monoisotopic (exact) mass is 301 g/mol. The van der Waals surface area contributed by atoms with Crippen molar-refractivity contribution in [2.75, 3.05) is 12.4 Å². The number of carbonyl (C=O) groups excluding carboxylic acids is 1. The van der Waals surface area contributed by atoms with Gasteiger partial charge in [-0.3, -0.25) is 0 Å². The molecule has 2 aromatic heterocycles. The zero-order valence-corrected chi connectivity index (χ0v) is 11.5. The van der Waals surface area contributed by atoms with Gasteiger partial charge >= 0.3 is 5.97 Å². The maximum Gasteiger partial charge on any atom is 0.364 e. The van der Waals surface area contributed by atoms with Crippen molar-refractivity contribution < 1.29 is 14.2 Å². The summed E-state index contributed by atoms with van der Waals surface area (Å²) in [6.45, 7) is 0.176. The highest BCUT2D eigenvalue weighted by atomic mass is 16.6. The van der Waals surface area contributed by atoms with E-state index in [1.165, 1.54) is 11.8 Å². The maximum atomic E-state index is 11.5. The first-order valence-electron chi connectivity index (χ1n) is 6.26. The molecule has 0 bridgehead atoms. The minimum atomic E-state index is -0.649. The van der Waals surface area contributed by atoms with E-state index in [1.54, 1.807) is 0 Å². The summed E-state index contributed by atoms with van der Waals surface area (Å²) in [6.07, 6.45) is 0. The van der Waals surface area contributed by atoms with Gasteiger partial charge in [-0.25, -0.2) is 14.1 Å². The van der Waals surface area contributed by atoms with Crippen molar-refractivity contribution in [3.05, 3.63) is 36.0 Å². The summed E-state index contributed by atoms with van der Waals surface area (Å²) in [4.78, 5) is 11.5. The highest BCUT2D eigenvalue weighted by Gasteiger charge is 2.19. The van der Waals surface area contributed by atoms with Crippen molar-refractivity contribution in [1.29, 1.82) is 0 Å². The van der Waals surface area contributed by atoms with Crippen LogP contribution in [0.25, 0.3) is 11.4 Å². The van der Waals surface area contributed by atoms with Crippen LogP contribution in [0.5, 0.6) is 0 Å². The summed E-state index contributed by atoms with van der Waals surface area (Å²) < 4.78 is 10.6. The van der Waals surface area contributed by atoms with Crippen LogP contribution >= 0.6 is 0 Å². The van der Waals surface area contributed by atoms with Gasteiger partial charge in [0.25, 0.3) is 0 Å². The van der Waals surface area contributed by atoms with Crippen molar-refractivity contribution >= 4 is 11.8 Å². The number of hydrogen-bond acceptors (Lipinski definition) is 9. The van der Waals surface area contributed by atoms with Crippen LogP contribution < -0.4 is 5.32 Å². The lowest BCUT2D eigenvalue weighted by molar-refractivity contribution is 0.0589. The van der Waals surface area contributed by atoms with E-state index < -0.39 is 5.97 Å². The number of tetrazole rings is 1. The number of methoxy groups -OCH3 is 1. The number of anilines is 1. The minimum absolute atomic E-state index is 0.0446. The second-order valence-electron chi connectivity index (χ2n) is 4.16. The van der Waals surface area contributed by atoms with Crippen molar-refractivity contribution in [2.45, 2.75) is 6.67 Å². The van der Waals surface area contributed by atoms with Gasteiger partial charge in [0, 0.05) is 5.56 Å². The van der Waals surface area contributed by atoms with Crippen molar-refractivity contribution in [1.82, 2.24) is 30.5 Å². The Kier molecular flexibility index (Phi) is 3.72. The third-order valence-corrected chi connectivity index (χ3v) is 2.83. The van der Waals surface area contributed by atoms with Crippen LogP contribution in [-0.2, 0) is 11.4 Å². The molecule has 0 aliphatic rings. The zero-order valence-electron chi connectivity index (χ0n) is 11.5. The van der Waals surface area contributed by atoms with Gasteiger partial charge in [-0.2, -0.15) is 0 Å². The van der Waals surface area contributed by atoms with Gasteiger partial charge in [0.1, 0.15) is 6.67 Å². The van der Waals surface area contributed by atoms with E-state index in [1.807, 2.05) is 30.3 Å². The fourth-order valence-corrected chi connectivity index (χ4v) is 1.79. The van der Waals surface area contributed by atoms with Crippen LogP contribution in [0, 0.1) is 0 Å². The quantitative estimate of drug-likeness (QED) is 0.674. The largest absolute Gasteiger partial charge is 0.464 e. The second kappa shape index (κ2) is 5.99. The van der Waals surface area contributed by atoms with Crippen LogP contribution in [0.3, 0.4) is 0 Å². The average molecular weight is 301 g/mol. The van der Waals surface area contributed by atoms with Gasteiger partial charge < -0.3 is 10.1 Å². The minimum Gasteiger partial charge on any atom is -0.464 e. The number of esters is 1. The number of nitrogens with one attached hydrogen (secondary N) is 1. The molecule has 0 atom stereocenters. The summed E-state index contributed by atoms with van der Waals surface area (Å²) in [7, 11) is 1.25. The van der Waals surface area contributed by atoms with Crippen molar-refractivity contribution in [3.63, 3.8) is 0 Å². The van der Waals surface area contributed by atoms with Crippen LogP contribution in [0.2, 0.25) is 0 Å². The molecular formula is C12H11N7O3. The van der Waals surface area contributed by atoms with Gasteiger partial charge in [0.05, 0.1) is 7.11 Å². The smallest absolute Gasteiger partial charge is 0.364 e. The van der Waals surface area contributed by atoms with E-state index in [4.69, 9.17) is 0 Å². The SMILES string of the molecule is COC(=O)c1nonc1NCn1nnnc1-c1ccccc1. The lowest BCUT2D eigenvalue weighted by Crippen LogP contribution is -2.14. The highest BCUT2D eigenvalue weighted by molar-refractivity contribution is 5.91. The molecular weight excluding hydrogens is 290 g/mol. The van der Waals surface area contributed by atoms with Gasteiger partial charge in [-0.1, -0.05) is 30.3 Å². The Bertz CT molecular complexity index is 768. The fraction of sp³-hybridized carbons (Fsp3) is 0.167. The molecule has 0 amide bonds. The number of rotatable bonds is 5. The molecule has 1 aromatic carbocycles. The Hall–Kier alpha value is -3.30. The molecule has 10 nitrogen and oxygen atoms in total. The number of hydrogen-bond donors (Lipinski definition) is 1. The molecule has 0 aliphatic carbocycles. The molecule has 0 fully saturated rings. The van der Waals surface area contributed by atoms with Crippen LogP contribution in [0.15, 0.2) is 35.0 Å². The van der Waals surface area contributed by atoms with Crippen molar-refractivity contribution in [3.8, 4) is 11.4 Å². The summed E-state index contributed by atoms with van der Waals surface area (Å²) in [5.74, 6) is 0.0780. The topological polar surface area (TPSA) is 121 Å². The normalized spacial score (nSPS) is 10.4.